The molecular weight excluding hydrogens is 442 g/mol. The number of ether oxygens (including phenoxy) is 2. The number of hydrogen-bond donors (Lipinski definition) is 0. The van der Waals surface area contributed by atoms with Gasteiger partial charge in [0.1, 0.15) is 4.83 Å². The maximum atomic E-state index is 13.7. The van der Waals surface area contributed by atoms with Crippen LogP contribution in [0.4, 0.5) is 0 Å². The number of nitriles is 1. The van der Waals surface area contributed by atoms with E-state index in [1.54, 1.807) is 30.1 Å². The molecule has 0 spiro atoms. The third-order valence-electron chi connectivity index (χ3n) is 5.92. The molecule has 6 nitrogen and oxygen atoms in total. The number of thioether (sulfide) groups is 1. The fourth-order valence-corrected chi connectivity index (χ4v) is 6.40. The first-order valence-corrected chi connectivity index (χ1v) is 12.5. The lowest BCUT2D eigenvalue weighted by Gasteiger charge is -2.18. The molecule has 0 saturated heterocycles. The molecule has 32 heavy (non-hydrogen) atoms. The first kappa shape index (κ1) is 22.7. The van der Waals surface area contributed by atoms with Crippen LogP contribution in [0.1, 0.15) is 36.3 Å². The van der Waals surface area contributed by atoms with Crippen molar-refractivity contribution in [1.29, 1.82) is 5.26 Å². The van der Waals surface area contributed by atoms with Gasteiger partial charge in [-0.2, -0.15) is 5.26 Å². The van der Waals surface area contributed by atoms with E-state index < -0.39 is 0 Å². The minimum Gasteiger partial charge on any atom is -0.493 e. The van der Waals surface area contributed by atoms with Gasteiger partial charge in [-0.1, -0.05) is 24.8 Å². The second-order valence-electron chi connectivity index (χ2n) is 8.21. The molecule has 0 radical (unpaired) electrons. The Morgan fingerprint density at radius 1 is 1.34 bits per heavy atom. The number of nitrogens with zero attached hydrogens (tertiary/aromatic N) is 3. The lowest BCUT2D eigenvalue weighted by molar-refractivity contribution is 0.354. The molecule has 168 valence electrons. The predicted octanol–water partition coefficient (Wildman–Crippen LogP) is 4.85. The van der Waals surface area contributed by atoms with Crippen LogP contribution in [0.15, 0.2) is 28.2 Å². The van der Waals surface area contributed by atoms with Crippen molar-refractivity contribution in [2.75, 3.05) is 14.2 Å². The van der Waals surface area contributed by atoms with Crippen LogP contribution in [0.25, 0.3) is 10.2 Å². The van der Waals surface area contributed by atoms with Crippen molar-refractivity contribution >= 4 is 33.3 Å². The highest BCUT2D eigenvalue weighted by Crippen LogP contribution is 2.37. The normalized spacial score (nSPS) is 16.4. The van der Waals surface area contributed by atoms with Crippen LogP contribution in [-0.2, 0) is 25.8 Å². The van der Waals surface area contributed by atoms with Crippen molar-refractivity contribution in [2.45, 2.75) is 56.5 Å². The second-order valence-corrected chi connectivity index (χ2v) is 10.6. The number of fused-ring (bicyclic) bond motifs is 3. The Balaban J connectivity index is 1.74. The molecule has 2 heterocycles. The SMILES string of the molecule is COc1ccc(CCn2c(SC(C)C#N)nc3sc4c(c3c2=O)CCC(C)C4)cc1OC. The maximum absolute atomic E-state index is 13.7. The minimum atomic E-state index is -0.290. The minimum absolute atomic E-state index is 0.00942. The average Bonchev–Trinajstić information content (AvgIpc) is 3.15. The van der Waals surface area contributed by atoms with Crippen LogP contribution in [0.2, 0.25) is 0 Å². The molecule has 1 aliphatic carbocycles. The van der Waals surface area contributed by atoms with Crippen molar-refractivity contribution < 1.29 is 9.47 Å². The van der Waals surface area contributed by atoms with Crippen molar-refractivity contribution in [3.05, 3.63) is 44.6 Å². The van der Waals surface area contributed by atoms with Crippen molar-refractivity contribution in [3.63, 3.8) is 0 Å². The van der Waals surface area contributed by atoms with E-state index in [0.717, 1.165) is 35.0 Å². The maximum Gasteiger partial charge on any atom is 0.263 e. The summed E-state index contributed by atoms with van der Waals surface area (Å²) < 4.78 is 12.5. The number of benzene rings is 1. The lowest BCUT2D eigenvalue weighted by atomic mass is 9.89. The number of methoxy groups -OCH3 is 2. The number of thiophene rings is 1. The monoisotopic (exact) mass is 469 g/mol. The molecule has 4 rings (SSSR count). The highest BCUT2D eigenvalue weighted by Gasteiger charge is 2.25. The van der Waals surface area contributed by atoms with Crippen LogP contribution in [0, 0.1) is 17.2 Å². The van der Waals surface area contributed by atoms with Crippen LogP contribution in [0.3, 0.4) is 0 Å². The third-order valence-corrected chi connectivity index (χ3v) is 8.05. The summed E-state index contributed by atoms with van der Waals surface area (Å²) in [4.78, 5) is 20.6. The molecule has 2 unspecified atom stereocenters. The summed E-state index contributed by atoms with van der Waals surface area (Å²) in [6, 6.07) is 8.04. The Bertz CT molecular complexity index is 1240. The third kappa shape index (κ3) is 4.37. The summed E-state index contributed by atoms with van der Waals surface area (Å²) in [5.74, 6) is 1.98. The molecule has 8 heteroatoms. The van der Waals surface area contributed by atoms with E-state index in [1.165, 1.54) is 22.2 Å². The van der Waals surface area contributed by atoms with Gasteiger partial charge in [-0.15, -0.1) is 11.3 Å². The molecule has 0 aliphatic heterocycles. The largest absolute Gasteiger partial charge is 0.493 e. The summed E-state index contributed by atoms with van der Waals surface area (Å²) in [5.41, 5.74) is 2.24. The highest BCUT2D eigenvalue weighted by molar-refractivity contribution is 8.00. The summed E-state index contributed by atoms with van der Waals surface area (Å²) in [6.07, 6.45) is 3.69. The first-order chi connectivity index (χ1) is 15.4. The van der Waals surface area contributed by atoms with Gasteiger partial charge >= 0.3 is 0 Å². The topological polar surface area (TPSA) is 77.1 Å². The Hall–Kier alpha value is -2.50. The number of aromatic nitrogens is 2. The van der Waals surface area contributed by atoms with Gasteiger partial charge < -0.3 is 9.47 Å². The van der Waals surface area contributed by atoms with Crippen LogP contribution in [0.5, 0.6) is 11.5 Å². The van der Waals surface area contributed by atoms with E-state index >= 15 is 0 Å². The number of hydrogen-bond acceptors (Lipinski definition) is 7. The van der Waals surface area contributed by atoms with E-state index in [1.807, 2.05) is 25.1 Å². The molecule has 3 aromatic rings. The molecule has 0 saturated carbocycles. The smallest absolute Gasteiger partial charge is 0.263 e. The number of rotatable bonds is 7. The van der Waals surface area contributed by atoms with Crippen molar-refractivity contribution in [2.24, 2.45) is 5.92 Å². The van der Waals surface area contributed by atoms with Crippen molar-refractivity contribution in [1.82, 2.24) is 9.55 Å². The van der Waals surface area contributed by atoms with Gasteiger partial charge in [0.25, 0.3) is 5.56 Å². The molecular formula is C24H27N3O3S2. The van der Waals surface area contributed by atoms with Crippen LogP contribution >= 0.6 is 23.1 Å². The zero-order valence-electron chi connectivity index (χ0n) is 18.8. The Labute approximate surface area is 196 Å². The van der Waals surface area contributed by atoms with Gasteiger partial charge in [0.2, 0.25) is 0 Å². The van der Waals surface area contributed by atoms with Gasteiger partial charge in [-0.3, -0.25) is 9.36 Å². The Kier molecular flexibility index (Phi) is 6.77. The van der Waals surface area contributed by atoms with Crippen molar-refractivity contribution in [3.8, 4) is 17.6 Å². The molecule has 1 aliphatic rings. The number of aryl methyl sites for hydroxylation is 2. The molecule has 2 atom stereocenters. The van der Waals surface area contributed by atoms with Gasteiger partial charge in [0, 0.05) is 11.4 Å². The van der Waals surface area contributed by atoms with Gasteiger partial charge in [-0.25, -0.2) is 4.98 Å². The summed E-state index contributed by atoms with van der Waals surface area (Å²) in [7, 11) is 3.22. The summed E-state index contributed by atoms with van der Waals surface area (Å²) >= 11 is 2.99. The zero-order chi connectivity index (χ0) is 22.8. The van der Waals surface area contributed by atoms with E-state index in [2.05, 4.69) is 13.0 Å². The molecule has 0 N–H and O–H groups in total. The zero-order valence-corrected chi connectivity index (χ0v) is 20.4. The lowest BCUT2D eigenvalue weighted by Crippen LogP contribution is -2.25. The standard InChI is InChI=1S/C24H27N3O3S2/c1-14-5-7-17-20(11-14)32-22-21(17)23(28)27(24(26-22)31-15(2)13-25)10-9-16-6-8-18(29-3)19(12-16)30-4/h6,8,12,14-15H,5,7,9-11H2,1-4H3. The first-order valence-electron chi connectivity index (χ1n) is 10.8. The molecule has 2 aromatic heterocycles. The van der Waals surface area contributed by atoms with Crippen LogP contribution < -0.4 is 15.0 Å². The molecule has 0 amide bonds. The molecule has 1 aromatic carbocycles. The Morgan fingerprint density at radius 2 is 2.12 bits per heavy atom. The second kappa shape index (κ2) is 9.55. The van der Waals surface area contributed by atoms with E-state index in [9.17, 15) is 10.1 Å². The fourth-order valence-electron chi connectivity index (χ4n) is 4.15. The fraction of sp³-hybridized carbons (Fsp3) is 0.458. The molecule has 0 bridgehead atoms. The average molecular weight is 470 g/mol. The van der Waals surface area contributed by atoms with Gasteiger partial charge in [0.15, 0.2) is 16.7 Å². The van der Waals surface area contributed by atoms with Gasteiger partial charge in [-0.05, 0) is 61.8 Å². The summed E-state index contributed by atoms with van der Waals surface area (Å²) in [6.45, 7) is 4.58. The van der Waals surface area contributed by atoms with E-state index in [0.29, 0.717) is 35.5 Å². The van der Waals surface area contributed by atoms with E-state index in [-0.39, 0.29) is 10.8 Å². The quantitative estimate of drug-likeness (QED) is 0.364. The summed E-state index contributed by atoms with van der Waals surface area (Å²) in [5, 5.41) is 10.4. The van der Waals surface area contributed by atoms with Gasteiger partial charge in [0.05, 0.1) is 30.9 Å². The van der Waals surface area contributed by atoms with E-state index in [4.69, 9.17) is 14.5 Å². The Morgan fingerprint density at radius 3 is 2.84 bits per heavy atom. The van der Waals surface area contributed by atoms with Crippen LogP contribution in [-0.4, -0.2) is 29.0 Å². The highest BCUT2D eigenvalue weighted by atomic mass is 32.2. The predicted molar refractivity (Wildman–Crippen MR) is 129 cm³/mol. The molecule has 0 fully saturated rings.